The molecule has 3 rings (SSSR count). The van der Waals surface area contributed by atoms with Crippen molar-refractivity contribution in [1.29, 1.82) is 5.41 Å². The van der Waals surface area contributed by atoms with Gasteiger partial charge in [-0.05, 0) is 17.2 Å². The molecular formula is C14H15BrN5O8PS. The summed E-state index contributed by atoms with van der Waals surface area (Å²) in [6.07, 6.45) is -1.42. The summed E-state index contributed by atoms with van der Waals surface area (Å²) in [5.74, 6) is -0.0520. The number of allylic oxidation sites excluding steroid dienone is 2. The summed E-state index contributed by atoms with van der Waals surface area (Å²) in [5, 5.41) is 41.0. The number of ether oxygens (including phenoxy) is 1. The molecule has 0 aliphatic carbocycles. The van der Waals surface area contributed by atoms with E-state index in [4.69, 9.17) is 19.9 Å². The summed E-state index contributed by atoms with van der Waals surface area (Å²) in [6, 6.07) is 0. The van der Waals surface area contributed by atoms with Gasteiger partial charge in [0.1, 0.15) is 18.3 Å². The van der Waals surface area contributed by atoms with Crippen LogP contribution in [0.1, 0.15) is 0 Å². The van der Waals surface area contributed by atoms with Crippen molar-refractivity contribution >= 4 is 64.4 Å². The second kappa shape index (κ2) is 9.30. The molecule has 13 nitrogen and oxygen atoms in total. The van der Waals surface area contributed by atoms with Crippen LogP contribution in [0.25, 0.3) is 0 Å². The third-order valence-electron chi connectivity index (χ3n) is 3.90. The van der Waals surface area contributed by atoms with Crippen LogP contribution >= 0.6 is 35.5 Å². The molecule has 0 aromatic carbocycles. The minimum Gasteiger partial charge on any atom is -0.867 e. The van der Waals surface area contributed by atoms with Crippen LogP contribution in [0.3, 0.4) is 0 Å². The third-order valence-corrected chi connectivity index (χ3v) is 5.33. The van der Waals surface area contributed by atoms with Crippen molar-refractivity contribution in [1.82, 2.24) is 0 Å². The number of phosphoric acid groups is 1. The summed E-state index contributed by atoms with van der Waals surface area (Å²) in [7, 11) is -4.79. The molecule has 4 atom stereocenters. The second-order valence-electron chi connectivity index (χ2n) is 5.93. The molecule has 1 fully saturated rings. The first-order chi connectivity index (χ1) is 14.1. The van der Waals surface area contributed by atoms with Crippen LogP contribution in [-0.4, -0.2) is 84.6 Å². The maximum absolute atomic E-state index is 10.9. The Balaban J connectivity index is 1.75. The molecule has 0 amide bonds. The number of aliphatic imine (C=N–C) groups is 3. The van der Waals surface area contributed by atoms with Crippen molar-refractivity contribution < 1.29 is 43.5 Å². The Morgan fingerprint density at radius 1 is 1.43 bits per heavy atom. The quantitative estimate of drug-likeness (QED) is 0.120. The molecule has 16 heteroatoms. The van der Waals surface area contributed by atoms with Gasteiger partial charge < -0.3 is 29.8 Å². The molecule has 0 unspecified atom stereocenters. The number of hydrogen-bond donors (Lipinski definition) is 5. The highest BCUT2D eigenvalue weighted by Crippen LogP contribution is 2.37. The first kappa shape index (κ1) is 23.1. The number of halogens is 1. The molecule has 0 aromatic rings. The number of aliphatic hydroxyl groups excluding tert-OH is 2. The van der Waals surface area contributed by atoms with Gasteiger partial charge in [0.2, 0.25) is 12.6 Å². The summed E-state index contributed by atoms with van der Waals surface area (Å²) in [6.45, 7) is -0.654. The molecule has 3 aliphatic rings. The smallest absolute Gasteiger partial charge is 0.469 e. The number of phosphoric ester groups is 1. The zero-order valence-corrected chi connectivity index (χ0v) is 18.1. The first-order valence-electron chi connectivity index (χ1n) is 8.10. The number of amidine groups is 3. The Hall–Kier alpha value is -1.55. The van der Waals surface area contributed by atoms with Crippen molar-refractivity contribution in [2.75, 3.05) is 6.61 Å². The standard InChI is InChI=1S/C14H15BrN5O8PS/c15-7(21)2-1-3-30-14-18-11(16)8-12(19-14)20(5-17-8)13-10(23)9(22)6(28-13)4-27-29(24,25)26/h1-3,5-6,9-10,13,16,22-23H,4H2,(H2-,21,24,25,26)/b3-1?,7-2+,16-11?/t6-,9-,10-,13-/m1/s1. The van der Waals surface area contributed by atoms with E-state index in [9.17, 15) is 19.9 Å². The van der Waals surface area contributed by atoms with Gasteiger partial charge in [-0.2, -0.15) is 9.57 Å². The predicted molar refractivity (Wildman–Crippen MR) is 109 cm³/mol. The Bertz CT molecular complexity index is 969. The third kappa shape index (κ3) is 5.38. The van der Waals surface area contributed by atoms with E-state index in [1.807, 2.05) is 0 Å². The lowest BCUT2D eigenvalue weighted by Crippen LogP contribution is -2.44. The van der Waals surface area contributed by atoms with E-state index >= 15 is 0 Å². The molecule has 3 heterocycles. The number of nitrogens with one attached hydrogen (secondary N) is 1. The SMILES string of the molecule is N=C1N=C(SC=C/C=C(/[O-])Br)N=C2C1=NC=[N+]2[C@@H]1O[C@H](COP(=O)(O)O)[C@@H](O)[C@H]1O. The highest BCUT2D eigenvalue weighted by molar-refractivity contribution is 9.11. The van der Waals surface area contributed by atoms with Crippen LogP contribution in [0.2, 0.25) is 0 Å². The Labute approximate surface area is 181 Å². The fourth-order valence-electron chi connectivity index (χ4n) is 2.62. The number of fused-ring (bicyclic) bond motifs is 1. The largest absolute Gasteiger partial charge is 0.867 e. The van der Waals surface area contributed by atoms with Crippen LogP contribution in [0.15, 0.2) is 37.2 Å². The summed E-state index contributed by atoms with van der Waals surface area (Å²) in [4.78, 5) is 29.9. The maximum Gasteiger partial charge on any atom is 0.469 e. The number of hydrogen-bond acceptors (Lipinski definition) is 10. The molecule has 1 saturated heterocycles. The van der Waals surface area contributed by atoms with Gasteiger partial charge in [0.15, 0.2) is 5.84 Å². The topological polar surface area (TPSA) is 203 Å². The average Bonchev–Trinajstić information content (AvgIpc) is 3.19. The lowest BCUT2D eigenvalue weighted by molar-refractivity contribution is -0.517. The van der Waals surface area contributed by atoms with E-state index in [2.05, 4.69) is 35.4 Å². The second-order valence-corrected chi connectivity index (χ2v) is 8.82. The molecule has 3 aliphatic heterocycles. The Morgan fingerprint density at radius 2 is 2.17 bits per heavy atom. The van der Waals surface area contributed by atoms with E-state index in [0.29, 0.717) is 0 Å². The zero-order chi connectivity index (χ0) is 22.1. The van der Waals surface area contributed by atoms with Crippen molar-refractivity contribution in [2.24, 2.45) is 15.0 Å². The van der Waals surface area contributed by atoms with Crippen molar-refractivity contribution in [3.05, 3.63) is 22.2 Å². The van der Waals surface area contributed by atoms with Crippen LogP contribution in [0, 0.1) is 5.41 Å². The van der Waals surface area contributed by atoms with Crippen LogP contribution < -0.4 is 5.11 Å². The molecule has 162 valence electrons. The van der Waals surface area contributed by atoms with Gasteiger partial charge in [0.25, 0.3) is 10.9 Å². The first-order valence-corrected chi connectivity index (χ1v) is 11.3. The minimum atomic E-state index is -4.79. The van der Waals surface area contributed by atoms with Gasteiger partial charge in [0, 0.05) is 0 Å². The Morgan fingerprint density at radius 3 is 2.83 bits per heavy atom. The van der Waals surface area contributed by atoms with Crippen LogP contribution in [0.4, 0.5) is 0 Å². The van der Waals surface area contributed by atoms with E-state index in [1.165, 1.54) is 28.5 Å². The van der Waals surface area contributed by atoms with Crippen molar-refractivity contribution in [2.45, 2.75) is 24.5 Å². The normalized spacial score (nSPS) is 29.6. The molecule has 0 spiro atoms. The number of aliphatic hydroxyl groups is 2. The van der Waals surface area contributed by atoms with Crippen LogP contribution in [0.5, 0.6) is 0 Å². The fourth-order valence-corrected chi connectivity index (χ4v) is 3.67. The summed E-state index contributed by atoms with van der Waals surface area (Å²) in [5.41, 5.74) is 0.116. The van der Waals surface area contributed by atoms with Gasteiger partial charge >= 0.3 is 13.7 Å². The van der Waals surface area contributed by atoms with Crippen LogP contribution in [-0.2, 0) is 13.8 Å². The van der Waals surface area contributed by atoms with E-state index < -0.39 is 39.0 Å². The maximum atomic E-state index is 10.9. The van der Waals surface area contributed by atoms with Gasteiger partial charge in [-0.25, -0.2) is 4.57 Å². The van der Waals surface area contributed by atoms with Gasteiger partial charge in [-0.1, -0.05) is 37.7 Å². The van der Waals surface area contributed by atoms with Gasteiger partial charge in [-0.15, -0.1) is 4.99 Å². The monoisotopic (exact) mass is 523 g/mol. The van der Waals surface area contributed by atoms with Crippen molar-refractivity contribution in [3.8, 4) is 0 Å². The number of thioether (sulfide) groups is 1. The molecule has 5 N–H and O–H groups in total. The molecule has 30 heavy (non-hydrogen) atoms. The molecule has 0 saturated carbocycles. The molecular weight excluding hydrogens is 509 g/mol. The number of nitrogens with zero attached hydrogens (tertiary/aromatic N) is 4. The molecule has 0 bridgehead atoms. The molecule has 0 radical (unpaired) electrons. The summed E-state index contributed by atoms with van der Waals surface area (Å²) >= 11 is 3.78. The predicted octanol–water partition coefficient (Wildman–Crippen LogP) is -1.37. The highest BCUT2D eigenvalue weighted by Gasteiger charge is 2.50. The summed E-state index contributed by atoms with van der Waals surface area (Å²) < 4.78 is 21.7. The van der Waals surface area contributed by atoms with E-state index in [1.54, 1.807) is 0 Å². The average molecular weight is 524 g/mol. The van der Waals surface area contributed by atoms with E-state index in [0.717, 1.165) is 11.8 Å². The minimum absolute atomic E-state index is 0.116. The lowest BCUT2D eigenvalue weighted by Gasteiger charge is -2.16. The van der Waals surface area contributed by atoms with Gasteiger partial charge in [0.05, 0.1) is 6.61 Å². The Kier molecular flexibility index (Phi) is 7.16. The fraction of sp³-hybridized carbons (Fsp3) is 0.357. The zero-order valence-electron chi connectivity index (χ0n) is 14.8. The lowest BCUT2D eigenvalue weighted by atomic mass is 10.1. The highest BCUT2D eigenvalue weighted by atomic mass is 79.9. The number of rotatable bonds is 6. The van der Waals surface area contributed by atoms with Gasteiger partial charge in [-0.3, -0.25) is 9.93 Å². The van der Waals surface area contributed by atoms with Crippen molar-refractivity contribution in [3.63, 3.8) is 0 Å². The van der Waals surface area contributed by atoms with E-state index in [-0.39, 0.29) is 27.2 Å². The molecule has 0 aromatic heterocycles.